The van der Waals surface area contributed by atoms with E-state index in [-0.39, 0.29) is 0 Å². The molecule has 9 aromatic carbocycles. The van der Waals surface area contributed by atoms with Gasteiger partial charge in [-0.3, -0.25) is 4.57 Å². The van der Waals surface area contributed by atoms with Crippen LogP contribution in [0.15, 0.2) is 218 Å². The average Bonchev–Trinajstić information content (AvgIpc) is 4.00. The number of para-hydroxylation sites is 3. The zero-order chi connectivity index (χ0) is 41.4. The molecule has 13 rings (SSSR count). The number of rotatable bonds is 6. The highest BCUT2D eigenvalue weighted by molar-refractivity contribution is 6.24. The highest BCUT2D eigenvalue weighted by atomic mass is 15.2. The van der Waals surface area contributed by atoms with E-state index in [2.05, 4.69) is 196 Å². The van der Waals surface area contributed by atoms with Crippen LogP contribution in [-0.2, 0) is 0 Å². The zero-order valence-electron chi connectivity index (χ0n) is 34.0. The summed E-state index contributed by atoms with van der Waals surface area (Å²) in [5, 5.41) is 6.98. The summed E-state index contributed by atoms with van der Waals surface area (Å²) in [6.45, 7) is 0. The van der Waals surface area contributed by atoms with Gasteiger partial charge in [-0.1, -0.05) is 170 Å². The molecule has 0 unspecified atom stereocenters. The largest absolute Gasteiger partial charge is 0.309 e. The molecule has 0 aliphatic rings. The normalized spacial score (nSPS) is 11.8. The van der Waals surface area contributed by atoms with Crippen molar-refractivity contribution in [3.8, 4) is 51.2 Å². The van der Waals surface area contributed by atoms with Crippen LogP contribution < -0.4 is 0 Å². The summed E-state index contributed by atoms with van der Waals surface area (Å²) in [5.74, 6) is 1.77. The molecule has 0 amide bonds. The van der Waals surface area contributed by atoms with E-state index < -0.39 is 0 Å². The van der Waals surface area contributed by atoms with Crippen molar-refractivity contribution in [1.82, 2.24) is 28.7 Å². The highest BCUT2D eigenvalue weighted by Crippen LogP contribution is 2.43. The van der Waals surface area contributed by atoms with Crippen molar-refractivity contribution in [3.05, 3.63) is 218 Å². The van der Waals surface area contributed by atoms with Gasteiger partial charge < -0.3 is 9.13 Å². The SMILES string of the molecule is c1ccc(-c2cccc(-n3c4ccccc4c4ccc5c6cc(-n7c8ccccc8c8ccccc87)ccc6n(-c6nc(-c7ccccc7)nc(-c7ccccc7)n6)c5c43)c2)cc1. The lowest BCUT2D eigenvalue weighted by Crippen LogP contribution is -2.07. The highest BCUT2D eigenvalue weighted by Gasteiger charge is 2.25. The number of benzene rings is 9. The van der Waals surface area contributed by atoms with Gasteiger partial charge in [0.25, 0.3) is 0 Å². The van der Waals surface area contributed by atoms with E-state index in [0.29, 0.717) is 17.6 Å². The maximum atomic E-state index is 5.37. The Morgan fingerprint density at radius 1 is 0.254 bits per heavy atom. The second kappa shape index (κ2) is 14.0. The molecule has 0 saturated carbocycles. The molecule has 6 nitrogen and oxygen atoms in total. The van der Waals surface area contributed by atoms with Crippen molar-refractivity contribution in [2.45, 2.75) is 0 Å². The molecule has 0 bridgehead atoms. The summed E-state index contributed by atoms with van der Waals surface area (Å²) in [5.41, 5.74) is 12.9. The molecule has 0 fully saturated rings. The number of fused-ring (bicyclic) bond motifs is 10. The second-order valence-corrected chi connectivity index (χ2v) is 16.0. The van der Waals surface area contributed by atoms with Crippen molar-refractivity contribution in [3.63, 3.8) is 0 Å². The standard InChI is InChI=1S/C57H36N6/c1-4-17-37(18-5-1)40-23-16-24-41(35-40)62-51-30-15-12-27-45(51)46-32-33-47-48-36-42(61-49-28-13-10-25-43(49)44-26-11-14-29-50(44)61)31-34-52(48)63(54(47)53(46)62)57-59-55(38-19-6-2-7-20-38)58-56(60-57)39-21-8-3-9-22-39/h1-36H. The van der Waals surface area contributed by atoms with E-state index in [9.17, 15) is 0 Å². The van der Waals surface area contributed by atoms with Crippen molar-refractivity contribution in [2.75, 3.05) is 0 Å². The zero-order valence-corrected chi connectivity index (χ0v) is 34.0. The Bertz CT molecular complexity index is 3790. The first-order chi connectivity index (χ1) is 31.3. The van der Waals surface area contributed by atoms with Crippen LogP contribution in [0.2, 0.25) is 0 Å². The van der Waals surface area contributed by atoms with Gasteiger partial charge in [0.15, 0.2) is 11.6 Å². The van der Waals surface area contributed by atoms with Crippen molar-refractivity contribution in [1.29, 1.82) is 0 Å². The lowest BCUT2D eigenvalue weighted by molar-refractivity contribution is 0.953. The van der Waals surface area contributed by atoms with E-state index in [0.717, 1.165) is 66.3 Å². The molecule has 4 aromatic heterocycles. The van der Waals surface area contributed by atoms with E-state index in [1.807, 2.05) is 36.4 Å². The fraction of sp³-hybridized carbons (Fsp3) is 0. The fourth-order valence-corrected chi connectivity index (χ4v) is 9.71. The predicted octanol–water partition coefficient (Wildman–Crippen LogP) is 14.2. The Morgan fingerprint density at radius 3 is 1.30 bits per heavy atom. The van der Waals surface area contributed by atoms with E-state index in [1.165, 1.54) is 32.8 Å². The quantitative estimate of drug-likeness (QED) is 0.168. The lowest BCUT2D eigenvalue weighted by Gasteiger charge is -2.14. The lowest BCUT2D eigenvalue weighted by atomic mass is 10.1. The van der Waals surface area contributed by atoms with E-state index >= 15 is 0 Å². The van der Waals surface area contributed by atoms with Gasteiger partial charge in [-0.15, -0.1) is 0 Å². The Labute approximate surface area is 362 Å². The Kier molecular flexibility index (Phi) is 7.80. The van der Waals surface area contributed by atoms with Crippen LogP contribution in [0.5, 0.6) is 0 Å². The fourth-order valence-electron chi connectivity index (χ4n) is 9.71. The molecule has 0 radical (unpaired) electrons. The Hall–Kier alpha value is -8.61. The van der Waals surface area contributed by atoms with Crippen LogP contribution in [-0.4, -0.2) is 28.7 Å². The van der Waals surface area contributed by atoms with Crippen LogP contribution >= 0.6 is 0 Å². The van der Waals surface area contributed by atoms with Gasteiger partial charge in [0.1, 0.15) is 0 Å². The molecule has 0 aliphatic heterocycles. The van der Waals surface area contributed by atoms with Crippen molar-refractivity contribution >= 4 is 65.4 Å². The molecule has 13 aromatic rings. The number of nitrogens with zero attached hydrogens (tertiary/aromatic N) is 6. The molecule has 0 saturated heterocycles. The molecule has 0 atom stereocenters. The average molecular weight is 805 g/mol. The minimum atomic E-state index is 0.551. The molecule has 63 heavy (non-hydrogen) atoms. The molecular weight excluding hydrogens is 769 g/mol. The van der Waals surface area contributed by atoms with E-state index in [4.69, 9.17) is 15.0 Å². The molecule has 0 spiro atoms. The monoisotopic (exact) mass is 804 g/mol. The van der Waals surface area contributed by atoms with Crippen LogP contribution in [0.1, 0.15) is 0 Å². The summed E-state index contributed by atoms with van der Waals surface area (Å²) < 4.78 is 7.10. The summed E-state index contributed by atoms with van der Waals surface area (Å²) in [4.78, 5) is 15.8. The molecule has 0 aliphatic carbocycles. The number of hydrogen-bond acceptors (Lipinski definition) is 3. The first kappa shape index (κ1) is 35.2. The summed E-state index contributed by atoms with van der Waals surface area (Å²) in [6, 6.07) is 77.4. The molecular formula is C57H36N6. The van der Waals surface area contributed by atoms with Crippen LogP contribution in [0.25, 0.3) is 117 Å². The van der Waals surface area contributed by atoms with Crippen LogP contribution in [0.4, 0.5) is 0 Å². The molecule has 4 heterocycles. The third-order valence-electron chi connectivity index (χ3n) is 12.5. The van der Waals surface area contributed by atoms with Crippen LogP contribution in [0, 0.1) is 0 Å². The van der Waals surface area contributed by atoms with Gasteiger partial charge in [0, 0.05) is 54.8 Å². The number of aromatic nitrogens is 6. The van der Waals surface area contributed by atoms with Gasteiger partial charge in [0.2, 0.25) is 5.95 Å². The van der Waals surface area contributed by atoms with Gasteiger partial charge in [-0.2, -0.15) is 9.97 Å². The maximum Gasteiger partial charge on any atom is 0.238 e. The van der Waals surface area contributed by atoms with Crippen LogP contribution in [0.3, 0.4) is 0 Å². The molecule has 0 N–H and O–H groups in total. The minimum Gasteiger partial charge on any atom is -0.309 e. The number of hydrogen-bond donors (Lipinski definition) is 0. The van der Waals surface area contributed by atoms with Gasteiger partial charge in [-0.25, -0.2) is 4.98 Å². The van der Waals surface area contributed by atoms with Gasteiger partial charge >= 0.3 is 0 Å². The Morgan fingerprint density at radius 2 is 0.698 bits per heavy atom. The molecule has 6 heteroatoms. The van der Waals surface area contributed by atoms with Crippen molar-refractivity contribution < 1.29 is 0 Å². The summed E-state index contributed by atoms with van der Waals surface area (Å²) >= 11 is 0. The van der Waals surface area contributed by atoms with Gasteiger partial charge in [0.05, 0.1) is 33.1 Å². The predicted molar refractivity (Wildman–Crippen MR) is 259 cm³/mol. The third-order valence-corrected chi connectivity index (χ3v) is 12.5. The van der Waals surface area contributed by atoms with Gasteiger partial charge in [-0.05, 0) is 59.7 Å². The third kappa shape index (κ3) is 5.48. The minimum absolute atomic E-state index is 0.551. The first-order valence-electron chi connectivity index (χ1n) is 21.3. The summed E-state index contributed by atoms with van der Waals surface area (Å²) in [6.07, 6.45) is 0. The summed E-state index contributed by atoms with van der Waals surface area (Å²) in [7, 11) is 0. The van der Waals surface area contributed by atoms with E-state index in [1.54, 1.807) is 0 Å². The second-order valence-electron chi connectivity index (χ2n) is 16.0. The molecule has 294 valence electrons. The topological polar surface area (TPSA) is 53.5 Å². The smallest absolute Gasteiger partial charge is 0.238 e. The first-order valence-corrected chi connectivity index (χ1v) is 21.3. The van der Waals surface area contributed by atoms with Crippen molar-refractivity contribution in [2.24, 2.45) is 0 Å². The maximum absolute atomic E-state index is 5.37. The Balaban J connectivity index is 1.18.